The van der Waals surface area contributed by atoms with E-state index in [4.69, 9.17) is 4.74 Å². The summed E-state index contributed by atoms with van der Waals surface area (Å²) in [5.41, 5.74) is 4.80. The molecule has 5 nitrogen and oxygen atoms in total. The SMILES string of the molecule is CCOC(=O)C1=C(CC)NC2=C(C(=O)CC(C)(C)C2)C1C1CCN(Cc2ccccc2)CC1. The molecule has 0 spiro atoms. The Morgan fingerprint density at radius 3 is 2.45 bits per heavy atom. The molecule has 3 aliphatic rings. The summed E-state index contributed by atoms with van der Waals surface area (Å²) in [7, 11) is 0. The monoisotopic (exact) mass is 450 g/mol. The molecule has 2 aliphatic heterocycles. The van der Waals surface area contributed by atoms with Crippen molar-refractivity contribution in [1.82, 2.24) is 10.2 Å². The number of hydrogen-bond acceptors (Lipinski definition) is 5. The summed E-state index contributed by atoms with van der Waals surface area (Å²) in [5.74, 6) is 0.0538. The van der Waals surface area contributed by atoms with Crippen molar-refractivity contribution in [2.24, 2.45) is 17.3 Å². The molecule has 5 heteroatoms. The zero-order valence-corrected chi connectivity index (χ0v) is 20.6. The van der Waals surface area contributed by atoms with Crippen LogP contribution in [0.5, 0.6) is 0 Å². The largest absolute Gasteiger partial charge is 0.463 e. The van der Waals surface area contributed by atoms with Crippen molar-refractivity contribution in [2.45, 2.75) is 66.3 Å². The van der Waals surface area contributed by atoms with Crippen LogP contribution in [-0.4, -0.2) is 36.3 Å². The third kappa shape index (κ3) is 5.08. The maximum Gasteiger partial charge on any atom is 0.336 e. The highest BCUT2D eigenvalue weighted by Crippen LogP contribution is 2.47. The van der Waals surface area contributed by atoms with Crippen LogP contribution in [0.2, 0.25) is 0 Å². The standard InChI is InChI=1S/C28H38N2O3/c1-5-21-26(27(32)33-6-2)24(25-22(29-21)16-28(3,4)17-23(25)31)20-12-14-30(15-13-20)18-19-10-8-7-9-11-19/h7-11,20,24,29H,5-6,12-18H2,1-4H3. The van der Waals surface area contributed by atoms with Crippen LogP contribution in [0.4, 0.5) is 0 Å². The number of carbonyl (C=O) groups is 2. The lowest BCUT2D eigenvalue weighted by molar-refractivity contribution is -0.139. The number of likely N-dealkylation sites (tertiary alicyclic amines) is 1. The number of nitrogens with zero attached hydrogens (tertiary/aromatic N) is 1. The van der Waals surface area contributed by atoms with Crippen molar-refractivity contribution in [3.8, 4) is 0 Å². The maximum atomic E-state index is 13.4. The summed E-state index contributed by atoms with van der Waals surface area (Å²) < 4.78 is 5.51. The van der Waals surface area contributed by atoms with Crippen LogP contribution in [0.15, 0.2) is 52.9 Å². The summed E-state index contributed by atoms with van der Waals surface area (Å²) in [6, 6.07) is 10.6. The average Bonchev–Trinajstić information content (AvgIpc) is 2.78. The molecule has 0 aromatic heterocycles. The molecule has 1 N–H and O–H groups in total. The van der Waals surface area contributed by atoms with E-state index in [1.54, 1.807) is 0 Å². The Balaban J connectivity index is 1.62. The quantitative estimate of drug-likeness (QED) is 0.619. The second-order valence-corrected chi connectivity index (χ2v) is 10.5. The molecule has 0 saturated carbocycles. The Labute approximate surface area is 198 Å². The van der Waals surface area contributed by atoms with Crippen molar-refractivity contribution < 1.29 is 14.3 Å². The van der Waals surface area contributed by atoms with Gasteiger partial charge in [0.15, 0.2) is 5.78 Å². The molecule has 33 heavy (non-hydrogen) atoms. The summed E-state index contributed by atoms with van der Waals surface area (Å²) in [6.45, 7) is 11.5. The van der Waals surface area contributed by atoms with Crippen LogP contribution >= 0.6 is 0 Å². The van der Waals surface area contributed by atoms with Gasteiger partial charge in [-0.1, -0.05) is 51.1 Å². The lowest BCUT2D eigenvalue weighted by Crippen LogP contribution is -2.44. The topological polar surface area (TPSA) is 58.6 Å². The smallest absolute Gasteiger partial charge is 0.336 e. The first-order chi connectivity index (χ1) is 15.8. The average molecular weight is 451 g/mol. The highest BCUT2D eigenvalue weighted by molar-refractivity contribution is 6.02. The van der Waals surface area contributed by atoms with Gasteiger partial charge in [-0.05, 0) is 62.6 Å². The van der Waals surface area contributed by atoms with E-state index >= 15 is 0 Å². The predicted molar refractivity (Wildman–Crippen MR) is 130 cm³/mol. The van der Waals surface area contributed by atoms with Gasteiger partial charge in [0, 0.05) is 35.9 Å². The van der Waals surface area contributed by atoms with Crippen LogP contribution in [0.25, 0.3) is 0 Å². The van der Waals surface area contributed by atoms with Crippen molar-refractivity contribution in [2.75, 3.05) is 19.7 Å². The first kappa shape index (κ1) is 23.7. The maximum absolute atomic E-state index is 13.4. The molecule has 0 amide bonds. The predicted octanol–water partition coefficient (Wildman–Crippen LogP) is 4.99. The van der Waals surface area contributed by atoms with E-state index in [1.807, 2.05) is 6.92 Å². The van der Waals surface area contributed by atoms with Crippen LogP contribution in [-0.2, 0) is 20.9 Å². The number of nitrogens with one attached hydrogen (secondary N) is 1. The first-order valence-electron chi connectivity index (χ1n) is 12.5. The molecule has 1 aromatic rings. The fraction of sp³-hybridized carbons (Fsp3) is 0.571. The molecule has 178 valence electrons. The number of benzene rings is 1. The number of rotatable bonds is 6. The molecule has 1 unspecified atom stereocenters. The minimum atomic E-state index is -0.261. The number of piperidine rings is 1. The van der Waals surface area contributed by atoms with Gasteiger partial charge in [0.25, 0.3) is 0 Å². The van der Waals surface area contributed by atoms with E-state index in [0.29, 0.717) is 18.6 Å². The van der Waals surface area contributed by atoms with Gasteiger partial charge in [-0.25, -0.2) is 4.79 Å². The fourth-order valence-electron chi connectivity index (χ4n) is 5.88. The Bertz CT molecular complexity index is 953. The number of Topliss-reactive ketones (excluding diaryl/α,β-unsaturated/α-hetero) is 1. The van der Waals surface area contributed by atoms with Gasteiger partial charge >= 0.3 is 5.97 Å². The van der Waals surface area contributed by atoms with Crippen LogP contribution < -0.4 is 5.32 Å². The number of esters is 1. The van der Waals surface area contributed by atoms with E-state index in [1.165, 1.54) is 5.56 Å². The van der Waals surface area contributed by atoms with Crippen LogP contribution in [0.3, 0.4) is 0 Å². The van der Waals surface area contributed by atoms with E-state index in [-0.39, 0.29) is 29.0 Å². The molecular formula is C28H38N2O3. The molecule has 1 fully saturated rings. The highest BCUT2D eigenvalue weighted by Gasteiger charge is 2.46. The third-order valence-corrected chi connectivity index (χ3v) is 7.37. The van der Waals surface area contributed by atoms with E-state index in [0.717, 1.165) is 62.3 Å². The van der Waals surface area contributed by atoms with Gasteiger partial charge in [-0.2, -0.15) is 0 Å². The summed E-state index contributed by atoms with van der Waals surface area (Å²) >= 11 is 0. The number of hydrogen-bond donors (Lipinski definition) is 1. The molecule has 1 saturated heterocycles. The van der Waals surface area contributed by atoms with Crippen molar-refractivity contribution in [3.05, 3.63) is 58.4 Å². The molecule has 0 radical (unpaired) electrons. The molecule has 4 rings (SSSR count). The summed E-state index contributed by atoms with van der Waals surface area (Å²) in [4.78, 5) is 29.1. The molecule has 1 aliphatic carbocycles. The second-order valence-electron chi connectivity index (χ2n) is 10.5. The molecule has 0 bridgehead atoms. The van der Waals surface area contributed by atoms with Crippen molar-refractivity contribution in [3.63, 3.8) is 0 Å². The van der Waals surface area contributed by atoms with E-state index < -0.39 is 0 Å². The molecule has 2 heterocycles. The normalized spacial score (nSPS) is 23.9. The van der Waals surface area contributed by atoms with Gasteiger partial charge < -0.3 is 10.1 Å². The van der Waals surface area contributed by atoms with E-state index in [2.05, 4.69) is 61.3 Å². The Morgan fingerprint density at radius 1 is 1.12 bits per heavy atom. The fourth-order valence-corrected chi connectivity index (χ4v) is 5.88. The highest BCUT2D eigenvalue weighted by atomic mass is 16.5. The number of ether oxygens (including phenoxy) is 1. The van der Waals surface area contributed by atoms with Gasteiger partial charge in [0.1, 0.15) is 0 Å². The molecular weight excluding hydrogens is 412 g/mol. The number of ketones is 1. The molecule has 1 atom stereocenters. The van der Waals surface area contributed by atoms with E-state index in [9.17, 15) is 9.59 Å². The first-order valence-corrected chi connectivity index (χ1v) is 12.5. The van der Waals surface area contributed by atoms with Gasteiger partial charge in [0.2, 0.25) is 0 Å². The van der Waals surface area contributed by atoms with Gasteiger partial charge in [0.05, 0.1) is 12.2 Å². The van der Waals surface area contributed by atoms with Crippen molar-refractivity contribution >= 4 is 11.8 Å². The van der Waals surface area contributed by atoms with Crippen molar-refractivity contribution in [1.29, 1.82) is 0 Å². The number of carbonyl (C=O) groups excluding carboxylic acids is 2. The third-order valence-electron chi connectivity index (χ3n) is 7.37. The Hall–Kier alpha value is -2.40. The second kappa shape index (κ2) is 9.84. The minimum Gasteiger partial charge on any atom is -0.463 e. The lowest BCUT2D eigenvalue weighted by Gasteiger charge is -2.44. The van der Waals surface area contributed by atoms with Crippen LogP contribution in [0.1, 0.15) is 65.4 Å². The summed E-state index contributed by atoms with van der Waals surface area (Å²) in [6.07, 6.45) is 4.06. The Morgan fingerprint density at radius 2 is 1.82 bits per heavy atom. The zero-order chi connectivity index (χ0) is 23.6. The molecule has 1 aromatic carbocycles. The lowest BCUT2D eigenvalue weighted by atomic mass is 9.65. The number of allylic oxidation sites excluding steroid dienone is 3. The summed E-state index contributed by atoms with van der Waals surface area (Å²) in [5, 5.41) is 3.52. The minimum absolute atomic E-state index is 0.0627. The number of dihydropyridines is 1. The van der Waals surface area contributed by atoms with Gasteiger partial charge in [-0.3, -0.25) is 9.69 Å². The van der Waals surface area contributed by atoms with Gasteiger partial charge in [-0.15, -0.1) is 0 Å². The van der Waals surface area contributed by atoms with Crippen LogP contribution in [0, 0.1) is 17.3 Å². The Kier molecular flexibility index (Phi) is 7.08. The zero-order valence-electron chi connectivity index (χ0n) is 20.6.